The van der Waals surface area contributed by atoms with Crippen LogP contribution >= 0.6 is 7.14 Å². The second kappa shape index (κ2) is 6.97. The number of rotatable bonds is 4. The Labute approximate surface area is 167 Å². The summed E-state index contributed by atoms with van der Waals surface area (Å²) in [7, 11) is -2.40. The summed E-state index contributed by atoms with van der Waals surface area (Å²) in [5.74, 6) is 0.634. The third kappa shape index (κ3) is 3.71. The van der Waals surface area contributed by atoms with Gasteiger partial charge in [0.1, 0.15) is 18.5 Å². The predicted octanol–water partition coefficient (Wildman–Crippen LogP) is 3.50. The van der Waals surface area contributed by atoms with Gasteiger partial charge in [-0.15, -0.1) is 0 Å². The van der Waals surface area contributed by atoms with Gasteiger partial charge in [-0.25, -0.2) is 4.98 Å². The van der Waals surface area contributed by atoms with Gasteiger partial charge in [-0.2, -0.15) is 4.98 Å². The smallest absolute Gasteiger partial charge is 0.274 e. The molecule has 0 bridgehead atoms. The van der Waals surface area contributed by atoms with Crippen molar-refractivity contribution in [1.82, 2.24) is 19.5 Å². The highest BCUT2D eigenvalue weighted by Gasteiger charge is 2.17. The van der Waals surface area contributed by atoms with Crippen LogP contribution in [0, 0.1) is 13.8 Å². The van der Waals surface area contributed by atoms with E-state index in [1.165, 1.54) is 6.20 Å². The molecule has 0 radical (unpaired) electrons. The Hall–Kier alpha value is -3.25. The van der Waals surface area contributed by atoms with Gasteiger partial charge in [0.25, 0.3) is 5.91 Å². The number of nitrogens with zero attached hydrogens (tertiary/aromatic N) is 4. The van der Waals surface area contributed by atoms with Crippen molar-refractivity contribution in [3.8, 4) is 11.4 Å². The number of amides is 1. The molecule has 0 spiro atoms. The second-order valence-corrected chi connectivity index (χ2v) is 10.4. The average Bonchev–Trinajstić information content (AvgIpc) is 3.28. The molecule has 1 aromatic carbocycles. The van der Waals surface area contributed by atoms with E-state index in [2.05, 4.69) is 20.4 Å². The van der Waals surface area contributed by atoms with Gasteiger partial charge in [-0.1, -0.05) is 17.3 Å². The largest absolute Gasteiger partial charge is 0.339 e. The molecule has 0 unspecified atom stereocenters. The minimum Gasteiger partial charge on any atom is -0.339 e. The van der Waals surface area contributed by atoms with Gasteiger partial charge in [0.15, 0.2) is 0 Å². The molecule has 0 fully saturated rings. The number of nitrogens with one attached hydrogen (secondary N) is 1. The fourth-order valence-corrected chi connectivity index (χ4v) is 3.82. The molecular formula is C20H20N5O3P. The van der Waals surface area contributed by atoms with Gasteiger partial charge in [0.05, 0.1) is 6.20 Å². The van der Waals surface area contributed by atoms with E-state index in [1.807, 2.05) is 25.1 Å². The Morgan fingerprint density at radius 2 is 1.97 bits per heavy atom. The van der Waals surface area contributed by atoms with Crippen molar-refractivity contribution in [1.29, 1.82) is 0 Å². The maximum absolute atomic E-state index is 12.9. The summed E-state index contributed by atoms with van der Waals surface area (Å²) in [4.78, 5) is 21.4. The van der Waals surface area contributed by atoms with Crippen molar-refractivity contribution < 1.29 is 13.9 Å². The van der Waals surface area contributed by atoms with Crippen LogP contribution in [0.25, 0.3) is 17.0 Å². The molecule has 3 heterocycles. The lowest BCUT2D eigenvalue weighted by Gasteiger charge is -2.10. The van der Waals surface area contributed by atoms with Gasteiger partial charge in [0.2, 0.25) is 11.7 Å². The van der Waals surface area contributed by atoms with Crippen LogP contribution in [0.5, 0.6) is 0 Å². The summed E-state index contributed by atoms with van der Waals surface area (Å²) >= 11 is 0. The zero-order valence-electron chi connectivity index (χ0n) is 16.5. The molecule has 4 aromatic rings. The van der Waals surface area contributed by atoms with Crippen LogP contribution in [0.15, 0.2) is 47.2 Å². The monoisotopic (exact) mass is 409 g/mol. The van der Waals surface area contributed by atoms with E-state index < -0.39 is 7.14 Å². The fraction of sp³-hybridized carbons (Fsp3) is 0.200. The van der Waals surface area contributed by atoms with Crippen LogP contribution in [0.3, 0.4) is 0 Å². The lowest BCUT2D eigenvalue weighted by Crippen LogP contribution is -2.15. The number of fused-ring (bicyclic) bond motifs is 1. The molecule has 9 heteroatoms. The summed E-state index contributed by atoms with van der Waals surface area (Å²) in [6.07, 6.45) is 3.23. The zero-order chi connectivity index (χ0) is 20.8. The minimum atomic E-state index is -2.40. The van der Waals surface area contributed by atoms with Crippen LogP contribution in [0.2, 0.25) is 0 Å². The first kappa shape index (κ1) is 19.1. The molecule has 3 aromatic heterocycles. The second-order valence-electron chi connectivity index (χ2n) is 7.23. The SMILES string of the molecule is Cc1nc(-c2ccc(C)c(NC(=O)c3cnc4cc(P(C)(C)=O)ccn34)c2)no1. The third-order valence-corrected chi connectivity index (χ3v) is 6.14. The Morgan fingerprint density at radius 1 is 1.17 bits per heavy atom. The van der Waals surface area contributed by atoms with Gasteiger partial charge >= 0.3 is 0 Å². The fourth-order valence-electron chi connectivity index (χ4n) is 2.97. The molecule has 0 saturated carbocycles. The van der Waals surface area contributed by atoms with Crippen molar-refractivity contribution in [3.05, 3.63) is 59.9 Å². The van der Waals surface area contributed by atoms with E-state index in [0.29, 0.717) is 28.7 Å². The summed E-state index contributed by atoms with van der Waals surface area (Å²) in [5, 5.41) is 7.57. The molecule has 1 N–H and O–H groups in total. The summed E-state index contributed by atoms with van der Waals surface area (Å²) in [6.45, 7) is 7.04. The maximum atomic E-state index is 12.9. The number of aromatic nitrogens is 4. The van der Waals surface area contributed by atoms with Crippen molar-refractivity contribution in [3.63, 3.8) is 0 Å². The standard InChI is InChI=1S/C20H20N5O3P/c1-12-5-6-14(19-22-13(2)28-24-19)9-16(12)23-20(26)17-11-21-18-10-15(29(3,4)27)7-8-25(17)18/h5-11H,1-4H3,(H,23,26). The summed E-state index contributed by atoms with van der Waals surface area (Å²) < 4.78 is 19.0. The number of carbonyl (C=O) groups excluding carboxylic acids is 1. The number of hydrogen-bond acceptors (Lipinski definition) is 6. The minimum absolute atomic E-state index is 0.300. The lowest BCUT2D eigenvalue weighted by atomic mass is 10.1. The first-order valence-electron chi connectivity index (χ1n) is 8.98. The number of aryl methyl sites for hydroxylation is 2. The first-order valence-corrected chi connectivity index (χ1v) is 11.6. The van der Waals surface area contributed by atoms with Crippen LogP contribution in [-0.4, -0.2) is 38.8 Å². The molecular weight excluding hydrogens is 389 g/mol. The molecule has 1 amide bonds. The van der Waals surface area contributed by atoms with Gasteiger partial charge < -0.3 is 14.4 Å². The zero-order valence-corrected chi connectivity index (χ0v) is 17.4. The number of hydrogen-bond donors (Lipinski definition) is 1. The molecule has 0 aliphatic carbocycles. The first-order chi connectivity index (χ1) is 13.7. The van der Waals surface area contributed by atoms with Gasteiger partial charge in [-0.05, 0) is 44.0 Å². The van der Waals surface area contributed by atoms with E-state index in [1.54, 1.807) is 43.0 Å². The van der Waals surface area contributed by atoms with Crippen molar-refractivity contribution in [2.75, 3.05) is 18.6 Å². The van der Waals surface area contributed by atoms with Crippen LogP contribution in [0.1, 0.15) is 21.9 Å². The Bertz CT molecular complexity index is 1280. The Kier molecular flexibility index (Phi) is 4.59. The van der Waals surface area contributed by atoms with Crippen LogP contribution < -0.4 is 10.6 Å². The highest BCUT2D eigenvalue weighted by atomic mass is 31.2. The maximum Gasteiger partial charge on any atom is 0.274 e. The molecule has 0 saturated heterocycles. The highest BCUT2D eigenvalue weighted by molar-refractivity contribution is 7.70. The normalized spacial score (nSPS) is 11.7. The van der Waals surface area contributed by atoms with E-state index in [4.69, 9.17) is 4.52 Å². The van der Waals surface area contributed by atoms with E-state index in [9.17, 15) is 9.36 Å². The molecule has 29 heavy (non-hydrogen) atoms. The third-order valence-electron chi connectivity index (χ3n) is 4.62. The topological polar surface area (TPSA) is 102 Å². The number of pyridine rings is 1. The number of benzene rings is 1. The molecule has 8 nitrogen and oxygen atoms in total. The van der Waals surface area contributed by atoms with Gasteiger partial charge in [0, 0.05) is 29.7 Å². The Morgan fingerprint density at radius 3 is 2.66 bits per heavy atom. The summed E-state index contributed by atoms with van der Waals surface area (Å²) in [5.41, 5.74) is 3.25. The van der Waals surface area contributed by atoms with E-state index in [-0.39, 0.29) is 5.91 Å². The lowest BCUT2D eigenvalue weighted by molar-refractivity contribution is 0.102. The molecule has 0 aliphatic heterocycles. The van der Waals surface area contributed by atoms with Gasteiger partial charge in [-0.3, -0.25) is 9.20 Å². The average molecular weight is 409 g/mol. The number of carbonyl (C=O) groups is 1. The van der Waals surface area contributed by atoms with Crippen molar-refractivity contribution in [2.45, 2.75) is 13.8 Å². The quantitative estimate of drug-likeness (QED) is 0.518. The van der Waals surface area contributed by atoms with Crippen LogP contribution in [0.4, 0.5) is 5.69 Å². The number of imidazole rings is 1. The summed E-state index contributed by atoms with van der Waals surface area (Å²) in [6, 6.07) is 9.08. The molecule has 4 rings (SSSR count). The van der Waals surface area contributed by atoms with Crippen molar-refractivity contribution >= 4 is 29.7 Å². The number of anilines is 1. The van der Waals surface area contributed by atoms with Crippen LogP contribution in [-0.2, 0) is 4.57 Å². The van der Waals surface area contributed by atoms with Crippen molar-refractivity contribution in [2.24, 2.45) is 0 Å². The molecule has 0 atom stereocenters. The van der Waals surface area contributed by atoms with E-state index >= 15 is 0 Å². The Balaban J connectivity index is 1.65. The molecule has 0 aliphatic rings. The van der Waals surface area contributed by atoms with E-state index in [0.717, 1.165) is 16.4 Å². The predicted molar refractivity (Wildman–Crippen MR) is 111 cm³/mol. The highest BCUT2D eigenvalue weighted by Crippen LogP contribution is 2.34. The molecule has 148 valence electrons.